The number of hydrogen-bond acceptors (Lipinski definition) is 3. The van der Waals surface area contributed by atoms with Gasteiger partial charge in [-0.15, -0.1) is 0 Å². The Morgan fingerprint density at radius 2 is 1.96 bits per heavy atom. The highest BCUT2D eigenvalue weighted by molar-refractivity contribution is 7.89. The van der Waals surface area contributed by atoms with Gasteiger partial charge in [0.2, 0.25) is 10.0 Å². The van der Waals surface area contributed by atoms with Crippen molar-refractivity contribution in [2.24, 2.45) is 0 Å². The van der Waals surface area contributed by atoms with Crippen LogP contribution in [-0.2, 0) is 10.0 Å². The predicted molar refractivity (Wildman–Crippen MR) is 80.7 cm³/mol. The Labute approximate surface area is 133 Å². The van der Waals surface area contributed by atoms with Gasteiger partial charge in [0.05, 0.1) is 17.5 Å². The number of rotatable bonds is 3. The Hall–Kier alpha value is -1.99. The lowest BCUT2D eigenvalue weighted by Crippen LogP contribution is -2.32. The Morgan fingerprint density at radius 3 is 2.70 bits per heavy atom. The van der Waals surface area contributed by atoms with Gasteiger partial charge in [-0.2, -0.15) is 0 Å². The van der Waals surface area contributed by atoms with E-state index in [1.165, 1.54) is 37.3 Å². The molecule has 1 heterocycles. The summed E-state index contributed by atoms with van der Waals surface area (Å²) >= 11 is 0. The van der Waals surface area contributed by atoms with Crippen molar-refractivity contribution in [1.29, 1.82) is 0 Å². The van der Waals surface area contributed by atoms with Crippen molar-refractivity contribution in [2.75, 3.05) is 6.61 Å². The number of benzene rings is 2. The molecule has 1 aliphatic rings. The molecule has 7 heteroatoms. The van der Waals surface area contributed by atoms with Crippen LogP contribution in [0.3, 0.4) is 0 Å². The molecule has 0 saturated heterocycles. The molecule has 0 aliphatic carbocycles. The molecule has 0 bridgehead atoms. The Morgan fingerprint density at radius 1 is 1.17 bits per heavy atom. The van der Waals surface area contributed by atoms with Crippen LogP contribution in [0.2, 0.25) is 0 Å². The fraction of sp³-hybridized carbons (Fsp3) is 0.250. The number of nitrogens with one attached hydrogen (secondary N) is 1. The molecule has 0 radical (unpaired) electrons. The number of ether oxygens (including phenoxy) is 1. The van der Waals surface area contributed by atoms with E-state index >= 15 is 0 Å². The predicted octanol–water partition coefficient (Wildman–Crippen LogP) is 3.08. The molecule has 2 aromatic carbocycles. The van der Waals surface area contributed by atoms with Crippen molar-refractivity contribution >= 4 is 10.0 Å². The molecule has 4 nitrogen and oxygen atoms in total. The molecule has 122 valence electrons. The molecule has 0 spiro atoms. The van der Waals surface area contributed by atoms with E-state index in [-0.39, 0.29) is 10.5 Å². The van der Waals surface area contributed by atoms with E-state index in [4.69, 9.17) is 4.74 Å². The van der Waals surface area contributed by atoms with E-state index in [0.29, 0.717) is 24.3 Å². The van der Waals surface area contributed by atoms with Crippen LogP contribution < -0.4 is 9.46 Å². The molecule has 1 unspecified atom stereocenters. The summed E-state index contributed by atoms with van der Waals surface area (Å²) in [4.78, 5) is -0.0270. The lowest BCUT2D eigenvalue weighted by atomic mass is 10.0. The zero-order chi connectivity index (χ0) is 16.6. The number of sulfonamides is 1. The first kappa shape index (κ1) is 15.9. The van der Waals surface area contributed by atoms with Gasteiger partial charge in [-0.05, 0) is 48.9 Å². The highest BCUT2D eigenvalue weighted by atomic mass is 32.2. The summed E-state index contributed by atoms with van der Waals surface area (Å²) in [5.41, 5.74) is 0.699. The Kier molecular flexibility index (Phi) is 4.08. The quantitative estimate of drug-likeness (QED) is 0.935. The van der Waals surface area contributed by atoms with Crippen LogP contribution in [0, 0.1) is 18.6 Å². The highest BCUT2D eigenvalue weighted by Gasteiger charge is 2.27. The molecular formula is C16H15F2NO3S. The summed E-state index contributed by atoms with van der Waals surface area (Å²) in [6, 6.07) is 7.00. The molecule has 3 rings (SSSR count). The summed E-state index contributed by atoms with van der Waals surface area (Å²) in [6.45, 7) is 1.82. The van der Waals surface area contributed by atoms with Gasteiger partial charge in [-0.1, -0.05) is 0 Å². The fourth-order valence-electron chi connectivity index (χ4n) is 2.53. The van der Waals surface area contributed by atoms with Crippen molar-refractivity contribution < 1.29 is 21.9 Å². The SMILES string of the molecule is Cc1cc(S(=O)(=O)NC2CCOc3ccc(F)cc32)ccc1F. The monoisotopic (exact) mass is 339 g/mol. The van der Waals surface area contributed by atoms with Crippen molar-refractivity contribution in [3.05, 3.63) is 59.2 Å². The molecule has 2 aromatic rings. The maximum absolute atomic E-state index is 13.4. The molecule has 0 aromatic heterocycles. The van der Waals surface area contributed by atoms with Crippen LogP contribution in [-0.4, -0.2) is 15.0 Å². The standard InChI is InChI=1S/C16H15F2NO3S/c1-10-8-12(3-4-14(10)18)23(20,21)19-15-6-7-22-16-5-2-11(17)9-13(15)16/h2-5,8-9,15,19H,6-7H2,1H3. The van der Waals surface area contributed by atoms with Crippen molar-refractivity contribution in [1.82, 2.24) is 4.72 Å². The van der Waals surface area contributed by atoms with Crippen molar-refractivity contribution in [3.8, 4) is 5.75 Å². The van der Waals surface area contributed by atoms with Gasteiger partial charge in [0, 0.05) is 12.0 Å². The summed E-state index contributed by atoms with van der Waals surface area (Å²) < 4.78 is 59.7. The van der Waals surface area contributed by atoms with Crippen molar-refractivity contribution in [2.45, 2.75) is 24.3 Å². The Bertz CT molecular complexity index is 852. The first-order valence-corrected chi connectivity index (χ1v) is 8.56. The average molecular weight is 339 g/mol. The van der Waals surface area contributed by atoms with E-state index in [2.05, 4.69) is 4.72 Å². The number of aryl methyl sites for hydroxylation is 1. The molecule has 0 amide bonds. The largest absolute Gasteiger partial charge is 0.493 e. The first-order valence-electron chi connectivity index (χ1n) is 7.07. The molecule has 0 saturated carbocycles. The van der Waals surface area contributed by atoms with Gasteiger partial charge in [0.1, 0.15) is 17.4 Å². The maximum Gasteiger partial charge on any atom is 0.241 e. The topological polar surface area (TPSA) is 55.4 Å². The molecule has 1 atom stereocenters. The molecule has 23 heavy (non-hydrogen) atoms. The number of halogens is 2. The van der Waals surface area contributed by atoms with E-state index in [0.717, 1.165) is 6.07 Å². The number of hydrogen-bond donors (Lipinski definition) is 1. The fourth-order valence-corrected chi connectivity index (χ4v) is 3.86. The molecule has 1 aliphatic heterocycles. The highest BCUT2D eigenvalue weighted by Crippen LogP contribution is 2.33. The van der Waals surface area contributed by atoms with E-state index in [9.17, 15) is 17.2 Å². The minimum absolute atomic E-state index is 0.0270. The normalized spacial score (nSPS) is 17.4. The second-order valence-corrected chi connectivity index (χ2v) is 7.12. The van der Waals surface area contributed by atoms with Crippen LogP contribution in [0.4, 0.5) is 8.78 Å². The summed E-state index contributed by atoms with van der Waals surface area (Å²) in [7, 11) is -3.85. The van der Waals surface area contributed by atoms with Gasteiger partial charge in [-0.25, -0.2) is 21.9 Å². The Balaban J connectivity index is 1.93. The summed E-state index contributed by atoms with van der Waals surface area (Å²) in [6.07, 6.45) is 0.385. The lowest BCUT2D eigenvalue weighted by molar-refractivity contribution is 0.262. The van der Waals surface area contributed by atoms with Gasteiger partial charge < -0.3 is 4.74 Å². The van der Waals surface area contributed by atoms with Crippen LogP contribution in [0.15, 0.2) is 41.3 Å². The minimum atomic E-state index is -3.85. The van der Waals surface area contributed by atoms with E-state index in [1.54, 1.807) is 0 Å². The van der Waals surface area contributed by atoms with Crippen molar-refractivity contribution in [3.63, 3.8) is 0 Å². The van der Waals surface area contributed by atoms with Gasteiger partial charge in [-0.3, -0.25) is 0 Å². The van der Waals surface area contributed by atoms with Crippen LogP contribution in [0.5, 0.6) is 5.75 Å². The molecule has 0 fully saturated rings. The lowest BCUT2D eigenvalue weighted by Gasteiger charge is -2.26. The van der Waals surface area contributed by atoms with Gasteiger partial charge in [0.25, 0.3) is 0 Å². The third kappa shape index (κ3) is 3.20. The van der Waals surface area contributed by atoms with Gasteiger partial charge >= 0.3 is 0 Å². The molecule has 1 N–H and O–H groups in total. The number of fused-ring (bicyclic) bond motifs is 1. The smallest absolute Gasteiger partial charge is 0.241 e. The third-order valence-corrected chi connectivity index (χ3v) is 5.22. The average Bonchev–Trinajstić information content (AvgIpc) is 2.50. The minimum Gasteiger partial charge on any atom is -0.493 e. The molecular weight excluding hydrogens is 324 g/mol. The first-order chi connectivity index (χ1) is 10.9. The van der Waals surface area contributed by atoms with Crippen LogP contribution in [0.25, 0.3) is 0 Å². The third-order valence-electron chi connectivity index (χ3n) is 3.75. The van der Waals surface area contributed by atoms with Gasteiger partial charge in [0.15, 0.2) is 0 Å². The second-order valence-electron chi connectivity index (χ2n) is 5.40. The van der Waals surface area contributed by atoms with Crippen LogP contribution >= 0.6 is 0 Å². The van der Waals surface area contributed by atoms with Crippen LogP contribution in [0.1, 0.15) is 23.6 Å². The summed E-state index contributed by atoms with van der Waals surface area (Å²) in [5, 5.41) is 0. The maximum atomic E-state index is 13.4. The van der Waals surface area contributed by atoms with E-state index < -0.39 is 27.7 Å². The second kappa shape index (κ2) is 5.90. The zero-order valence-electron chi connectivity index (χ0n) is 12.3. The zero-order valence-corrected chi connectivity index (χ0v) is 13.2. The van der Waals surface area contributed by atoms with E-state index in [1.807, 2.05) is 0 Å². The summed E-state index contributed by atoms with van der Waals surface area (Å²) in [5.74, 6) is -0.473.